The molecule has 1 amide bonds. The molecule has 3 aromatic rings. The van der Waals surface area contributed by atoms with Crippen molar-refractivity contribution in [2.45, 2.75) is 25.7 Å². The first kappa shape index (κ1) is 16.5. The normalized spacial score (nSPS) is 15.4. The number of carbonyl (C=O) groups is 1. The molecule has 1 aromatic carbocycles. The summed E-state index contributed by atoms with van der Waals surface area (Å²) in [5, 5.41) is 3.94. The lowest BCUT2D eigenvalue weighted by molar-refractivity contribution is 0.0700. The monoisotopic (exact) mass is 352 g/mol. The van der Waals surface area contributed by atoms with E-state index >= 15 is 0 Å². The molecule has 1 saturated heterocycles. The Labute approximate surface area is 151 Å². The number of para-hydroxylation sites is 2. The summed E-state index contributed by atoms with van der Waals surface area (Å²) < 4.78 is 10.6. The first-order valence-corrected chi connectivity index (χ1v) is 8.68. The number of piperidine rings is 1. The van der Waals surface area contributed by atoms with Crippen molar-refractivity contribution in [3.05, 3.63) is 47.5 Å². The zero-order valence-corrected chi connectivity index (χ0v) is 14.8. The number of rotatable bonds is 3. The number of likely N-dealkylation sites (tertiary alicyclic amines) is 1. The van der Waals surface area contributed by atoms with Crippen LogP contribution in [0.1, 0.15) is 40.6 Å². The summed E-state index contributed by atoms with van der Waals surface area (Å²) >= 11 is 0. The number of benzene rings is 1. The van der Waals surface area contributed by atoms with Crippen LogP contribution in [0.15, 0.2) is 35.0 Å². The Morgan fingerprint density at radius 2 is 1.96 bits per heavy atom. The van der Waals surface area contributed by atoms with Crippen LogP contribution >= 0.6 is 0 Å². The number of nitrogens with zero attached hydrogens (tertiary/aromatic N) is 4. The lowest BCUT2D eigenvalue weighted by Gasteiger charge is -2.30. The fourth-order valence-electron chi connectivity index (χ4n) is 3.47. The van der Waals surface area contributed by atoms with Crippen LogP contribution in [0.4, 0.5) is 0 Å². The molecular formula is C19H20N4O3. The molecule has 0 spiro atoms. The van der Waals surface area contributed by atoms with Crippen molar-refractivity contribution >= 4 is 16.9 Å². The SMILES string of the molecule is COc1noc(C2CCN(C(=O)c3cnc4ccccc4n3)CC2)c1C. The summed E-state index contributed by atoms with van der Waals surface area (Å²) in [4.78, 5) is 23.4. The molecular weight excluding hydrogens is 332 g/mol. The molecule has 1 aliphatic rings. The van der Waals surface area contributed by atoms with E-state index in [-0.39, 0.29) is 11.8 Å². The second kappa shape index (κ2) is 6.74. The van der Waals surface area contributed by atoms with E-state index in [9.17, 15) is 4.79 Å². The van der Waals surface area contributed by atoms with Crippen molar-refractivity contribution in [1.29, 1.82) is 0 Å². The lowest BCUT2D eigenvalue weighted by Crippen LogP contribution is -2.38. The Morgan fingerprint density at radius 3 is 2.65 bits per heavy atom. The molecule has 0 saturated carbocycles. The quantitative estimate of drug-likeness (QED) is 0.721. The van der Waals surface area contributed by atoms with E-state index in [4.69, 9.17) is 9.26 Å². The molecule has 1 aliphatic heterocycles. The lowest BCUT2D eigenvalue weighted by atomic mass is 9.92. The molecule has 0 radical (unpaired) electrons. The van der Waals surface area contributed by atoms with Crippen LogP contribution in [0.25, 0.3) is 11.0 Å². The van der Waals surface area contributed by atoms with Gasteiger partial charge >= 0.3 is 0 Å². The van der Waals surface area contributed by atoms with Crippen molar-refractivity contribution in [3.63, 3.8) is 0 Å². The number of amides is 1. The van der Waals surface area contributed by atoms with Gasteiger partial charge in [-0.1, -0.05) is 12.1 Å². The molecule has 0 unspecified atom stereocenters. The molecule has 0 bridgehead atoms. The predicted molar refractivity (Wildman–Crippen MR) is 95.2 cm³/mol. The number of hydrogen-bond acceptors (Lipinski definition) is 6. The van der Waals surface area contributed by atoms with Crippen LogP contribution in [-0.2, 0) is 0 Å². The molecule has 0 atom stereocenters. The molecule has 1 fully saturated rings. The van der Waals surface area contributed by atoms with E-state index in [2.05, 4.69) is 15.1 Å². The highest BCUT2D eigenvalue weighted by molar-refractivity contribution is 5.93. The minimum atomic E-state index is -0.0754. The number of fused-ring (bicyclic) bond motifs is 1. The van der Waals surface area contributed by atoms with Crippen LogP contribution in [-0.4, -0.2) is 46.1 Å². The van der Waals surface area contributed by atoms with Gasteiger partial charge in [0.1, 0.15) is 11.5 Å². The Hall–Kier alpha value is -2.96. The highest BCUT2D eigenvalue weighted by Gasteiger charge is 2.29. The molecule has 3 heterocycles. The molecule has 0 N–H and O–H groups in total. The number of methoxy groups -OCH3 is 1. The van der Waals surface area contributed by atoms with Gasteiger partial charge in [-0.05, 0) is 37.1 Å². The van der Waals surface area contributed by atoms with E-state index in [1.807, 2.05) is 36.1 Å². The van der Waals surface area contributed by atoms with Gasteiger partial charge in [-0.25, -0.2) is 4.98 Å². The first-order chi connectivity index (χ1) is 12.7. The maximum Gasteiger partial charge on any atom is 0.274 e. The highest BCUT2D eigenvalue weighted by Crippen LogP contribution is 2.34. The number of carbonyl (C=O) groups excluding carboxylic acids is 1. The van der Waals surface area contributed by atoms with Gasteiger partial charge in [0.05, 0.1) is 29.9 Å². The summed E-state index contributed by atoms with van der Waals surface area (Å²) in [6, 6.07) is 7.55. The van der Waals surface area contributed by atoms with Gasteiger partial charge in [-0.3, -0.25) is 9.78 Å². The van der Waals surface area contributed by atoms with E-state index in [1.165, 1.54) is 0 Å². The van der Waals surface area contributed by atoms with Crippen molar-refractivity contribution in [1.82, 2.24) is 20.0 Å². The van der Waals surface area contributed by atoms with Crippen LogP contribution in [0, 0.1) is 6.92 Å². The van der Waals surface area contributed by atoms with Crippen molar-refractivity contribution in [3.8, 4) is 5.88 Å². The Balaban J connectivity index is 1.46. The fraction of sp³-hybridized carbons (Fsp3) is 0.368. The summed E-state index contributed by atoms with van der Waals surface area (Å²) in [5.41, 5.74) is 2.85. The summed E-state index contributed by atoms with van der Waals surface area (Å²) in [6.07, 6.45) is 3.21. The number of aromatic nitrogens is 3. The average Bonchev–Trinajstić information content (AvgIpc) is 3.07. The van der Waals surface area contributed by atoms with Crippen LogP contribution in [0.2, 0.25) is 0 Å². The van der Waals surface area contributed by atoms with E-state index < -0.39 is 0 Å². The second-order valence-corrected chi connectivity index (χ2v) is 6.49. The topological polar surface area (TPSA) is 81.4 Å². The zero-order valence-electron chi connectivity index (χ0n) is 14.8. The third-order valence-electron chi connectivity index (χ3n) is 4.93. The molecule has 0 aliphatic carbocycles. The molecule has 7 heteroatoms. The van der Waals surface area contributed by atoms with Gasteiger partial charge in [0.25, 0.3) is 11.8 Å². The van der Waals surface area contributed by atoms with Gasteiger partial charge in [0.15, 0.2) is 0 Å². The van der Waals surface area contributed by atoms with Gasteiger partial charge in [0, 0.05) is 19.0 Å². The third kappa shape index (κ3) is 2.89. The molecule has 7 nitrogen and oxygen atoms in total. The maximum atomic E-state index is 12.8. The van der Waals surface area contributed by atoms with Crippen LogP contribution < -0.4 is 4.74 Å². The van der Waals surface area contributed by atoms with Crippen molar-refractivity contribution in [2.24, 2.45) is 0 Å². The summed E-state index contributed by atoms with van der Waals surface area (Å²) in [6.45, 7) is 3.26. The highest BCUT2D eigenvalue weighted by atomic mass is 16.5. The predicted octanol–water partition coefficient (Wildman–Crippen LogP) is 2.95. The van der Waals surface area contributed by atoms with Gasteiger partial charge in [0.2, 0.25) is 0 Å². The summed E-state index contributed by atoms with van der Waals surface area (Å²) in [7, 11) is 1.58. The van der Waals surface area contributed by atoms with Crippen molar-refractivity contribution in [2.75, 3.05) is 20.2 Å². The van der Waals surface area contributed by atoms with E-state index in [0.717, 1.165) is 35.2 Å². The van der Waals surface area contributed by atoms with Crippen molar-refractivity contribution < 1.29 is 14.1 Å². The van der Waals surface area contributed by atoms with Gasteiger partial charge in [-0.2, -0.15) is 0 Å². The Bertz CT molecular complexity index is 945. The fourth-order valence-corrected chi connectivity index (χ4v) is 3.47. The third-order valence-corrected chi connectivity index (χ3v) is 4.93. The minimum Gasteiger partial charge on any atom is -0.479 e. The zero-order chi connectivity index (χ0) is 18.1. The maximum absolute atomic E-state index is 12.8. The molecule has 26 heavy (non-hydrogen) atoms. The largest absolute Gasteiger partial charge is 0.479 e. The summed E-state index contributed by atoms with van der Waals surface area (Å²) in [5.74, 6) is 1.57. The van der Waals surface area contributed by atoms with Gasteiger partial charge < -0.3 is 14.2 Å². The number of hydrogen-bond donors (Lipinski definition) is 0. The van der Waals surface area contributed by atoms with Gasteiger partial charge in [-0.15, -0.1) is 0 Å². The second-order valence-electron chi connectivity index (χ2n) is 6.49. The Kier molecular flexibility index (Phi) is 4.28. The molecule has 2 aromatic heterocycles. The van der Waals surface area contributed by atoms with E-state index in [1.54, 1.807) is 13.3 Å². The molecule has 134 valence electrons. The smallest absolute Gasteiger partial charge is 0.274 e. The minimum absolute atomic E-state index is 0.0754. The standard InChI is InChI=1S/C19H20N4O3/c1-12-17(26-22-18(12)25-2)13-7-9-23(10-8-13)19(24)16-11-20-14-5-3-4-6-15(14)21-16/h3-6,11,13H,7-10H2,1-2H3. The Morgan fingerprint density at radius 1 is 1.23 bits per heavy atom. The van der Waals surface area contributed by atoms with Crippen LogP contribution in [0.3, 0.4) is 0 Å². The molecule has 4 rings (SSSR count). The first-order valence-electron chi connectivity index (χ1n) is 8.68. The van der Waals surface area contributed by atoms with Crippen LogP contribution in [0.5, 0.6) is 5.88 Å². The van der Waals surface area contributed by atoms with E-state index in [0.29, 0.717) is 24.7 Å². The average molecular weight is 352 g/mol. The number of ether oxygens (including phenoxy) is 1.